The van der Waals surface area contributed by atoms with Crippen LogP contribution in [0.5, 0.6) is 0 Å². The molecule has 0 aliphatic carbocycles. The Hall–Kier alpha value is -0.610. The van der Waals surface area contributed by atoms with Gasteiger partial charge in [-0.25, -0.2) is 0 Å². The number of hydrogen-bond acceptors (Lipinski definition) is 3. The zero-order valence-electron chi connectivity index (χ0n) is 14.1. The second-order valence-electron chi connectivity index (χ2n) is 7.69. The number of hydrogen-bond donors (Lipinski definition) is 1. The van der Waals surface area contributed by atoms with Gasteiger partial charge in [-0.2, -0.15) is 0 Å². The minimum Gasteiger partial charge on any atom is -0.321 e. The molecule has 3 aliphatic heterocycles. The van der Waals surface area contributed by atoms with Crippen LogP contribution in [0.15, 0.2) is 0 Å². The van der Waals surface area contributed by atoms with Gasteiger partial charge < -0.3 is 4.90 Å². The van der Waals surface area contributed by atoms with Crippen LogP contribution in [0.4, 0.5) is 0 Å². The highest BCUT2D eigenvalue weighted by molar-refractivity contribution is 5.88. The van der Waals surface area contributed by atoms with Crippen molar-refractivity contribution in [2.24, 2.45) is 5.92 Å². The van der Waals surface area contributed by atoms with Crippen LogP contribution in [0.3, 0.4) is 0 Å². The Bertz CT molecular complexity index is 411. The molecule has 4 nitrogen and oxygen atoms in total. The summed E-state index contributed by atoms with van der Waals surface area (Å²) in [6.45, 7) is 11.1. The van der Waals surface area contributed by atoms with E-state index in [4.69, 9.17) is 0 Å². The number of carbonyl (C=O) groups is 1. The summed E-state index contributed by atoms with van der Waals surface area (Å²) in [5.74, 6) is 0.793. The van der Waals surface area contributed by atoms with Crippen LogP contribution in [0.25, 0.3) is 0 Å². The van der Waals surface area contributed by atoms with Gasteiger partial charge in [-0.15, -0.1) is 0 Å². The van der Waals surface area contributed by atoms with Crippen molar-refractivity contribution in [1.82, 2.24) is 15.1 Å². The van der Waals surface area contributed by atoms with Gasteiger partial charge >= 0.3 is 0 Å². The number of nitrogens with zero attached hydrogens (tertiary/aromatic N) is 2. The minimum absolute atomic E-state index is 0.203. The molecule has 3 saturated heterocycles. The lowest BCUT2D eigenvalue weighted by Crippen LogP contribution is -2.53. The van der Waals surface area contributed by atoms with Crippen LogP contribution in [0.1, 0.15) is 59.8 Å². The molecule has 0 aromatic heterocycles. The molecule has 1 amide bonds. The summed E-state index contributed by atoms with van der Waals surface area (Å²) in [7, 11) is 0. The SMILES string of the molecule is CCC1(C)NC(C(C)C)N(C2CCN3CCCCC23)C1=O. The molecule has 3 fully saturated rings. The van der Waals surface area contributed by atoms with Crippen molar-refractivity contribution in [3.05, 3.63) is 0 Å². The summed E-state index contributed by atoms with van der Waals surface area (Å²) < 4.78 is 0. The van der Waals surface area contributed by atoms with Crippen molar-refractivity contribution in [2.45, 2.75) is 83.6 Å². The van der Waals surface area contributed by atoms with E-state index in [1.54, 1.807) is 0 Å². The monoisotopic (exact) mass is 293 g/mol. The Balaban J connectivity index is 1.86. The van der Waals surface area contributed by atoms with E-state index in [9.17, 15) is 4.79 Å². The van der Waals surface area contributed by atoms with Crippen molar-refractivity contribution in [2.75, 3.05) is 13.1 Å². The first-order chi connectivity index (χ1) is 9.98. The van der Waals surface area contributed by atoms with E-state index in [2.05, 4.69) is 42.8 Å². The van der Waals surface area contributed by atoms with Crippen LogP contribution >= 0.6 is 0 Å². The number of amides is 1. The molecule has 4 heteroatoms. The van der Waals surface area contributed by atoms with E-state index in [1.165, 1.54) is 32.4 Å². The van der Waals surface area contributed by atoms with Gasteiger partial charge in [-0.3, -0.25) is 15.0 Å². The van der Waals surface area contributed by atoms with Crippen molar-refractivity contribution >= 4 is 5.91 Å². The first-order valence-corrected chi connectivity index (χ1v) is 8.82. The Morgan fingerprint density at radius 2 is 2.00 bits per heavy atom. The van der Waals surface area contributed by atoms with Gasteiger partial charge in [-0.05, 0) is 45.1 Å². The molecule has 0 aromatic rings. The zero-order valence-corrected chi connectivity index (χ0v) is 14.1. The third-order valence-electron chi connectivity index (χ3n) is 5.99. The molecule has 4 atom stereocenters. The van der Waals surface area contributed by atoms with Gasteiger partial charge in [-0.1, -0.05) is 27.2 Å². The largest absolute Gasteiger partial charge is 0.321 e. The molecule has 0 saturated carbocycles. The van der Waals surface area contributed by atoms with E-state index in [0.717, 1.165) is 12.8 Å². The molecule has 120 valence electrons. The van der Waals surface area contributed by atoms with E-state index in [1.807, 2.05) is 0 Å². The molecule has 3 heterocycles. The van der Waals surface area contributed by atoms with Gasteiger partial charge in [0.15, 0.2) is 0 Å². The van der Waals surface area contributed by atoms with Gasteiger partial charge in [0, 0.05) is 12.6 Å². The summed E-state index contributed by atoms with van der Waals surface area (Å²) in [6.07, 6.45) is 6.14. The van der Waals surface area contributed by atoms with Gasteiger partial charge in [0.25, 0.3) is 0 Å². The zero-order chi connectivity index (χ0) is 15.2. The van der Waals surface area contributed by atoms with Gasteiger partial charge in [0.1, 0.15) is 0 Å². The molecule has 1 N–H and O–H groups in total. The molecule has 21 heavy (non-hydrogen) atoms. The molecular weight excluding hydrogens is 262 g/mol. The Morgan fingerprint density at radius 3 is 2.67 bits per heavy atom. The average Bonchev–Trinajstić information content (AvgIpc) is 3.00. The van der Waals surface area contributed by atoms with Crippen molar-refractivity contribution in [3.8, 4) is 0 Å². The number of piperidine rings is 1. The first kappa shape index (κ1) is 15.3. The quantitative estimate of drug-likeness (QED) is 0.866. The van der Waals surface area contributed by atoms with Crippen molar-refractivity contribution < 1.29 is 4.79 Å². The molecule has 3 rings (SSSR count). The molecule has 0 bridgehead atoms. The fourth-order valence-electron chi connectivity index (χ4n) is 4.51. The minimum atomic E-state index is -0.364. The van der Waals surface area contributed by atoms with E-state index in [-0.39, 0.29) is 11.7 Å². The lowest BCUT2D eigenvalue weighted by Gasteiger charge is -2.39. The first-order valence-electron chi connectivity index (χ1n) is 8.82. The van der Waals surface area contributed by atoms with E-state index in [0.29, 0.717) is 23.9 Å². The van der Waals surface area contributed by atoms with Crippen LogP contribution in [-0.4, -0.2) is 52.6 Å². The highest BCUT2D eigenvalue weighted by Gasteiger charge is 2.53. The Kier molecular flexibility index (Phi) is 4.04. The lowest BCUT2D eigenvalue weighted by atomic mass is 9.95. The maximum Gasteiger partial charge on any atom is 0.244 e. The number of fused-ring (bicyclic) bond motifs is 1. The number of nitrogens with one attached hydrogen (secondary N) is 1. The fourth-order valence-corrected chi connectivity index (χ4v) is 4.51. The number of rotatable bonds is 3. The third kappa shape index (κ3) is 2.40. The van der Waals surface area contributed by atoms with E-state index >= 15 is 0 Å². The van der Waals surface area contributed by atoms with Gasteiger partial charge in [0.05, 0.1) is 17.7 Å². The molecule has 0 spiro atoms. The van der Waals surface area contributed by atoms with Crippen LogP contribution in [0, 0.1) is 5.92 Å². The van der Waals surface area contributed by atoms with Crippen LogP contribution < -0.4 is 5.32 Å². The summed E-state index contributed by atoms with van der Waals surface area (Å²) in [5, 5.41) is 3.65. The topological polar surface area (TPSA) is 35.6 Å². The molecule has 4 unspecified atom stereocenters. The highest BCUT2D eigenvalue weighted by atomic mass is 16.2. The number of carbonyl (C=O) groups excluding carboxylic acids is 1. The third-order valence-corrected chi connectivity index (χ3v) is 5.99. The standard InChI is InChI=1S/C17H31N3O/c1-5-17(4)16(21)20(15(18-17)12(2)3)14-9-11-19-10-7-6-8-13(14)19/h12-15,18H,5-11H2,1-4H3. The second kappa shape index (κ2) is 5.54. The molecular formula is C17H31N3O. The smallest absolute Gasteiger partial charge is 0.244 e. The maximum atomic E-state index is 13.1. The maximum absolute atomic E-state index is 13.1. The highest BCUT2D eigenvalue weighted by Crippen LogP contribution is 2.37. The Morgan fingerprint density at radius 1 is 1.24 bits per heavy atom. The van der Waals surface area contributed by atoms with Crippen molar-refractivity contribution in [3.63, 3.8) is 0 Å². The Labute approximate surface area is 129 Å². The predicted octanol–water partition coefficient (Wildman–Crippen LogP) is 2.20. The summed E-state index contributed by atoms with van der Waals surface area (Å²) >= 11 is 0. The lowest BCUT2D eigenvalue weighted by molar-refractivity contribution is -0.136. The van der Waals surface area contributed by atoms with Crippen LogP contribution in [0.2, 0.25) is 0 Å². The van der Waals surface area contributed by atoms with E-state index < -0.39 is 0 Å². The summed E-state index contributed by atoms with van der Waals surface area (Å²) in [6, 6.07) is 1.02. The van der Waals surface area contributed by atoms with Gasteiger partial charge in [0.2, 0.25) is 5.91 Å². The van der Waals surface area contributed by atoms with Crippen LogP contribution in [-0.2, 0) is 4.79 Å². The average molecular weight is 293 g/mol. The normalized spacial score (nSPS) is 41.1. The summed E-state index contributed by atoms with van der Waals surface area (Å²) in [5.41, 5.74) is -0.364. The second-order valence-corrected chi connectivity index (χ2v) is 7.69. The molecule has 3 aliphatic rings. The molecule has 0 aromatic carbocycles. The summed E-state index contributed by atoms with van der Waals surface area (Å²) in [4.78, 5) is 17.9. The fraction of sp³-hybridized carbons (Fsp3) is 0.941. The van der Waals surface area contributed by atoms with Crippen molar-refractivity contribution in [1.29, 1.82) is 0 Å². The molecule has 0 radical (unpaired) electrons. The predicted molar refractivity (Wildman–Crippen MR) is 84.9 cm³/mol.